The average Bonchev–Trinajstić information content (AvgIpc) is 2.94. The Bertz CT molecular complexity index is 1480. The maximum absolute atomic E-state index is 5.30. The van der Waals surface area contributed by atoms with Crippen molar-refractivity contribution in [2.24, 2.45) is 0 Å². The third kappa shape index (κ3) is 3.10. The molecule has 4 aromatic carbocycles. The highest BCUT2D eigenvalue weighted by atomic mass is 15.3. The molecule has 0 amide bonds. The van der Waals surface area contributed by atoms with Gasteiger partial charge in [-0.05, 0) is 46.5 Å². The van der Waals surface area contributed by atoms with E-state index in [1.807, 2.05) is 12.4 Å². The predicted octanol–water partition coefficient (Wildman–Crippen LogP) is 8.69. The van der Waals surface area contributed by atoms with Gasteiger partial charge in [-0.25, -0.2) is 4.98 Å². The second kappa shape index (κ2) is 8.03. The maximum Gasteiger partial charge on any atom is 0.158 e. The van der Waals surface area contributed by atoms with Crippen molar-refractivity contribution in [3.63, 3.8) is 0 Å². The van der Waals surface area contributed by atoms with Crippen molar-refractivity contribution in [2.75, 3.05) is 9.80 Å². The Labute approximate surface area is 224 Å². The van der Waals surface area contributed by atoms with Crippen molar-refractivity contribution in [1.29, 1.82) is 0 Å². The molecule has 7 rings (SSSR count). The summed E-state index contributed by atoms with van der Waals surface area (Å²) in [4.78, 5) is 14.6. The second-order valence-corrected chi connectivity index (χ2v) is 11.2. The molecule has 0 N–H and O–H groups in total. The van der Waals surface area contributed by atoms with E-state index in [-0.39, 0.29) is 10.8 Å². The zero-order valence-electron chi connectivity index (χ0n) is 22.2. The number of fused-ring (bicyclic) bond motifs is 4. The minimum atomic E-state index is -0.120. The fourth-order valence-electron chi connectivity index (χ4n) is 6.39. The van der Waals surface area contributed by atoms with Gasteiger partial charge in [0.05, 0.1) is 35.1 Å². The first-order chi connectivity index (χ1) is 18.4. The Kier molecular flexibility index (Phi) is 4.80. The van der Waals surface area contributed by atoms with Crippen molar-refractivity contribution in [3.05, 3.63) is 132 Å². The van der Waals surface area contributed by atoms with E-state index in [2.05, 4.69) is 135 Å². The van der Waals surface area contributed by atoms with Crippen LogP contribution >= 0.6 is 0 Å². The van der Waals surface area contributed by atoms with Gasteiger partial charge in [0.2, 0.25) is 0 Å². The molecule has 0 unspecified atom stereocenters. The highest BCUT2D eigenvalue weighted by Gasteiger charge is 2.39. The van der Waals surface area contributed by atoms with Crippen LogP contribution in [0.2, 0.25) is 0 Å². The summed E-state index contributed by atoms with van der Waals surface area (Å²) in [6, 6.07) is 34.6. The van der Waals surface area contributed by atoms with E-state index in [0.717, 1.165) is 34.4 Å². The number of hydrogen-bond donors (Lipinski definition) is 0. The van der Waals surface area contributed by atoms with Gasteiger partial charge in [-0.1, -0.05) is 100 Å². The largest absolute Gasteiger partial charge is 0.293 e. The summed E-state index contributed by atoms with van der Waals surface area (Å²) in [7, 11) is 0. The molecule has 2 aliphatic heterocycles. The summed E-state index contributed by atoms with van der Waals surface area (Å²) in [5.74, 6) is 1.61. The molecule has 0 radical (unpaired) electrons. The first kappa shape index (κ1) is 22.7. The quantitative estimate of drug-likeness (QED) is 0.246. The van der Waals surface area contributed by atoms with Crippen LogP contribution in [0.1, 0.15) is 49.9 Å². The molecule has 3 heterocycles. The van der Waals surface area contributed by atoms with Gasteiger partial charge >= 0.3 is 0 Å². The summed E-state index contributed by atoms with van der Waals surface area (Å²) in [6.45, 7) is 9.20. The van der Waals surface area contributed by atoms with Gasteiger partial charge in [0.15, 0.2) is 11.6 Å². The number of benzene rings is 4. The lowest BCUT2D eigenvalue weighted by molar-refractivity contribution is 0.630. The van der Waals surface area contributed by atoms with Crippen LogP contribution in [0.4, 0.5) is 34.4 Å². The van der Waals surface area contributed by atoms with Crippen LogP contribution in [0.25, 0.3) is 0 Å². The van der Waals surface area contributed by atoms with Crippen LogP contribution in [-0.4, -0.2) is 9.97 Å². The first-order valence-corrected chi connectivity index (χ1v) is 13.2. The zero-order chi connectivity index (χ0) is 26.1. The Hall–Kier alpha value is -4.44. The van der Waals surface area contributed by atoms with Gasteiger partial charge in [-0.3, -0.25) is 14.8 Å². The highest BCUT2D eigenvalue weighted by Crippen LogP contribution is 2.53. The summed E-state index contributed by atoms with van der Waals surface area (Å²) in [5.41, 5.74) is 9.44. The number of aromatic nitrogens is 2. The van der Waals surface area contributed by atoms with Crippen LogP contribution in [0, 0.1) is 0 Å². The van der Waals surface area contributed by atoms with E-state index in [4.69, 9.17) is 9.97 Å². The standard InChI is InChI=1S/C34H30N4/c1-33(2)23-13-5-9-17-27(23)37(28-18-10-6-14-24(28)33)31-21-35-22-32(36-31)38-29-19-11-7-15-25(29)34(3,4)26-16-8-12-20-30(26)38/h5-22H,1-4H3. The fraction of sp³-hybridized carbons (Fsp3) is 0.176. The lowest BCUT2D eigenvalue weighted by Crippen LogP contribution is -2.32. The van der Waals surface area contributed by atoms with Crippen LogP contribution in [0.5, 0.6) is 0 Å². The molecular weight excluding hydrogens is 464 g/mol. The molecule has 0 aliphatic carbocycles. The third-order valence-corrected chi connectivity index (χ3v) is 8.34. The van der Waals surface area contributed by atoms with Crippen LogP contribution in [0.3, 0.4) is 0 Å². The van der Waals surface area contributed by atoms with Gasteiger partial charge in [-0.15, -0.1) is 0 Å². The lowest BCUT2D eigenvalue weighted by Gasteiger charge is -2.42. The molecule has 4 heteroatoms. The number of hydrogen-bond acceptors (Lipinski definition) is 4. The highest BCUT2D eigenvalue weighted by molar-refractivity contribution is 5.87. The van der Waals surface area contributed by atoms with E-state index in [1.54, 1.807) is 0 Å². The Morgan fingerprint density at radius 3 is 1.05 bits per heavy atom. The molecule has 0 saturated heterocycles. The fourth-order valence-corrected chi connectivity index (χ4v) is 6.39. The molecule has 4 nitrogen and oxygen atoms in total. The average molecular weight is 495 g/mol. The molecule has 1 aromatic heterocycles. The van der Waals surface area contributed by atoms with Crippen molar-refractivity contribution in [1.82, 2.24) is 9.97 Å². The molecular formula is C34H30N4. The van der Waals surface area contributed by atoms with Crippen LogP contribution in [0.15, 0.2) is 109 Å². The van der Waals surface area contributed by atoms with Crippen LogP contribution in [-0.2, 0) is 10.8 Å². The van der Waals surface area contributed by atoms with Gasteiger partial charge in [-0.2, -0.15) is 0 Å². The molecule has 186 valence electrons. The van der Waals surface area contributed by atoms with Crippen molar-refractivity contribution < 1.29 is 0 Å². The molecule has 0 atom stereocenters. The normalized spacial score (nSPS) is 16.2. The molecule has 0 saturated carbocycles. The molecule has 0 spiro atoms. The van der Waals surface area contributed by atoms with Gasteiger partial charge in [0.25, 0.3) is 0 Å². The summed E-state index contributed by atoms with van der Waals surface area (Å²) >= 11 is 0. The smallest absolute Gasteiger partial charge is 0.158 e. The van der Waals surface area contributed by atoms with Crippen molar-refractivity contribution in [2.45, 2.75) is 38.5 Å². The third-order valence-electron chi connectivity index (χ3n) is 8.34. The minimum absolute atomic E-state index is 0.120. The number of anilines is 6. The van der Waals surface area contributed by atoms with E-state index >= 15 is 0 Å². The number of nitrogens with zero attached hydrogens (tertiary/aromatic N) is 4. The van der Waals surface area contributed by atoms with Crippen LogP contribution < -0.4 is 9.80 Å². The monoisotopic (exact) mass is 494 g/mol. The molecule has 0 fully saturated rings. The number of rotatable bonds is 2. The van der Waals surface area contributed by atoms with E-state index in [1.165, 1.54) is 22.3 Å². The lowest BCUT2D eigenvalue weighted by atomic mass is 9.73. The SMILES string of the molecule is CC1(C)c2ccccc2N(c2cncc(N3c4ccccc4C(C)(C)c4ccccc43)n2)c2ccccc21. The summed E-state index contributed by atoms with van der Waals surface area (Å²) < 4.78 is 0. The van der Waals surface area contributed by atoms with Crippen molar-refractivity contribution in [3.8, 4) is 0 Å². The maximum atomic E-state index is 5.30. The first-order valence-electron chi connectivity index (χ1n) is 13.2. The summed E-state index contributed by atoms with van der Waals surface area (Å²) in [5, 5.41) is 0. The summed E-state index contributed by atoms with van der Waals surface area (Å²) in [6.07, 6.45) is 3.75. The minimum Gasteiger partial charge on any atom is -0.293 e. The Morgan fingerprint density at radius 1 is 0.447 bits per heavy atom. The molecule has 38 heavy (non-hydrogen) atoms. The van der Waals surface area contributed by atoms with E-state index < -0.39 is 0 Å². The molecule has 2 aliphatic rings. The Morgan fingerprint density at radius 2 is 0.737 bits per heavy atom. The van der Waals surface area contributed by atoms with Crippen molar-refractivity contribution >= 4 is 34.4 Å². The predicted molar refractivity (Wildman–Crippen MR) is 156 cm³/mol. The van der Waals surface area contributed by atoms with Gasteiger partial charge in [0.1, 0.15) is 0 Å². The van der Waals surface area contributed by atoms with Gasteiger partial charge < -0.3 is 0 Å². The topological polar surface area (TPSA) is 32.3 Å². The zero-order valence-corrected chi connectivity index (χ0v) is 22.2. The van der Waals surface area contributed by atoms with E-state index in [0.29, 0.717) is 0 Å². The molecule has 0 bridgehead atoms. The number of para-hydroxylation sites is 4. The van der Waals surface area contributed by atoms with E-state index in [9.17, 15) is 0 Å². The molecule has 5 aromatic rings. The Balaban J connectivity index is 1.45. The second-order valence-electron chi connectivity index (χ2n) is 11.2. The van der Waals surface area contributed by atoms with Gasteiger partial charge in [0, 0.05) is 10.8 Å².